The van der Waals surface area contributed by atoms with Crippen LogP contribution in [0.5, 0.6) is 5.75 Å². The summed E-state index contributed by atoms with van der Waals surface area (Å²) >= 11 is 0. The van der Waals surface area contributed by atoms with E-state index in [1.165, 1.54) is 25.7 Å². The normalized spacial score (nSPS) is 16.0. The number of benzene rings is 1. The van der Waals surface area contributed by atoms with Crippen molar-refractivity contribution in [1.29, 1.82) is 0 Å². The first-order valence-corrected chi connectivity index (χ1v) is 7.13. The van der Waals surface area contributed by atoms with Gasteiger partial charge in [-0.3, -0.25) is 4.98 Å². The molecular weight excluding hydrogens is 236 g/mol. The lowest BCUT2D eigenvalue weighted by Crippen LogP contribution is -2.30. The second kappa shape index (κ2) is 6.02. The Hall–Kier alpha value is -1.61. The monoisotopic (exact) mass is 256 g/mol. The standard InChI is InChI=1S/C16H20N2O/c1-2-6-14(5-1)17-10-11-19-15-7-8-16-13(12-15)4-3-9-18-16/h3-4,7-9,12,14,17H,1-2,5-6,10-11H2. The van der Waals surface area contributed by atoms with Crippen LogP contribution in [-0.2, 0) is 0 Å². The van der Waals surface area contributed by atoms with Crippen molar-refractivity contribution < 1.29 is 4.74 Å². The van der Waals surface area contributed by atoms with Crippen molar-refractivity contribution in [1.82, 2.24) is 10.3 Å². The third-order valence-corrected chi connectivity index (χ3v) is 3.73. The van der Waals surface area contributed by atoms with Gasteiger partial charge >= 0.3 is 0 Å². The van der Waals surface area contributed by atoms with Gasteiger partial charge in [0.1, 0.15) is 12.4 Å². The van der Waals surface area contributed by atoms with Gasteiger partial charge in [-0.05, 0) is 37.1 Å². The SMILES string of the molecule is c1cnc2ccc(OCCNC3CCCC3)cc2c1. The molecule has 0 unspecified atom stereocenters. The molecule has 1 saturated carbocycles. The first-order chi connectivity index (χ1) is 9.42. The zero-order valence-electron chi connectivity index (χ0n) is 11.1. The molecule has 1 aromatic carbocycles. The maximum atomic E-state index is 5.78. The summed E-state index contributed by atoms with van der Waals surface area (Å²) in [6.07, 6.45) is 7.20. The number of nitrogens with zero attached hydrogens (tertiary/aromatic N) is 1. The van der Waals surface area contributed by atoms with Crippen molar-refractivity contribution in [2.24, 2.45) is 0 Å². The number of hydrogen-bond donors (Lipinski definition) is 1. The minimum absolute atomic E-state index is 0.712. The fraction of sp³-hybridized carbons (Fsp3) is 0.438. The van der Waals surface area contributed by atoms with Gasteiger partial charge in [-0.1, -0.05) is 18.9 Å². The molecule has 0 radical (unpaired) electrons. The molecule has 0 amide bonds. The van der Waals surface area contributed by atoms with Crippen LogP contribution in [0.3, 0.4) is 0 Å². The van der Waals surface area contributed by atoms with E-state index in [4.69, 9.17) is 4.74 Å². The maximum Gasteiger partial charge on any atom is 0.120 e. The van der Waals surface area contributed by atoms with Crippen LogP contribution >= 0.6 is 0 Å². The van der Waals surface area contributed by atoms with Crippen LogP contribution in [0.1, 0.15) is 25.7 Å². The van der Waals surface area contributed by atoms with Gasteiger partial charge < -0.3 is 10.1 Å². The smallest absolute Gasteiger partial charge is 0.120 e. The Morgan fingerprint density at radius 3 is 3.00 bits per heavy atom. The van der Waals surface area contributed by atoms with Gasteiger partial charge in [-0.2, -0.15) is 0 Å². The van der Waals surface area contributed by atoms with Gasteiger partial charge in [-0.25, -0.2) is 0 Å². The molecule has 0 aliphatic heterocycles. The van der Waals surface area contributed by atoms with Crippen molar-refractivity contribution in [3.8, 4) is 5.75 Å². The molecule has 0 spiro atoms. The lowest BCUT2D eigenvalue weighted by molar-refractivity contribution is 0.305. The Balaban J connectivity index is 1.50. The molecule has 3 heteroatoms. The van der Waals surface area contributed by atoms with E-state index in [1.54, 1.807) is 0 Å². The maximum absolute atomic E-state index is 5.78. The molecule has 0 atom stereocenters. The Morgan fingerprint density at radius 2 is 2.11 bits per heavy atom. The van der Waals surface area contributed by atoms with Gasteiger partial charge in [0.25, 0.3) is 0 Å². The summed E-state index contributed by atoms with van der Waals surface area (Å²) in [5, 5.41) is 4.68. The molecule has 0 saturated heterocycles. The van der Waals surface area contributed by atoms with Gasteiger partial charge in [0.2, 0.25) is 0 Å². The van der Waals surface area contributed by atoms with E-state index >= 15 is 0 Å². The fourth-order valence-corrected chi connectivity index (χ4v) is 2.71. The zero-order valence-corrected chi connectivity index (χ0v) is 11.1. The largest absolute Gasteiger partial charge is 0.492 e. The van der Waals surface area contributed by atoms with E-state index < -0.39 is 0 Å². The first-order valence-electron chi connectivity index (χ1n) is 7.13. The van der Waals surface area contributed by atoms with E-state index in [1.807, 2.05) is 24.4 Å². The van der Waals surface area contributed by atoms with Crippen molar-refractivity contribution in [3.05, 3.63) is 36.5 Å². The fourth-order valence-electron chi connectivity index (χ4n) is 2.71. The third-order valence-electron chi connectivity index (χ3n) is 3.73. The predicted octanol–water partition coefficient (Wildman–Crippen LogP) is 3.15. The van der Waals surface area contributed by atoms with Gasteiger partial charge in [0.05, 0.1) is 5.52 Å². The number of nitrogens with one attached hydrogen (secondary N) is 1. The van der Waals surface area contributed by atoms with E-state index in [0.717, 1.165) is 29.8 Å². The highest BCUT2D eigenvalue weighted by Crippen LogP contribution is 2.19. The Morgan fingerprint density at radius 1 is 1.21 bits per heavy atom. The molecule has 100 valence electrons. The lowest BCUT2D eigenvalue weighted by Gasteiger charge is -2.12. The number of rotatable bonds is 5. The number of fused-ring (bicyclic) bond motifs is 1. The van der Waals surface area contributed by atoms with Crippen LogP contribution in [0.2, 0.25) is 0 Å². The summed E-state index contributed by atoms with van der Waals surface area (Å²) in [5.74, 6) is 0.925. The quantitative estimate of drug-likeness (QED) is 0.834. The van der Waals surface area contributed by atoms with Gasteiger partial charge in [-0.15, -0.1) is 0 Å². The van der Waals surface area contributed by atoms with Crippen LogP contribution in [0, 0.1) is 0 Å². The minimum atomic E-state index is 0.712. The van der Waals surface area contributed by atoms with Crippen LogP contribution in [0.15, 0.2) is 36.5 Å². The molecule has 1 aliphatic rings. The molecule has 3 rings (SSSR count). The highest BCUT2D eigenvalue weighted by atomic mass is 16.5. The molecule has 3 nitrogen and oxygen atoms in total. The molecule has 1 N–H and O–H groups in total. The van der Waals surface area contributed by atoms with E-state index in [0.29, 0.717) is 6.04 Å². The van der Waals surface area contributed by atoms with E-state index in [9.17, 15) is 0 Å². The lowest BCUT2D eigenvalue weighted by atomic mass is 10.2. The number of hydrogen-bond acceptors (Lipinski definition) is 3. The summed E-state index contributed by atoms with van der Waals surface area (Å²) in [4.78, 5) is 4.30. The zero-order chi connectivity index (χ0) is 12.9. The molecule has 1 aliphatic carbocycles. The van der Waals surface area contributed by atoms with Crippen LogP contribution in [0.25, 0.3) is 10.9 Å². The van der Waals surface area contributed by atoms with Crippen LogP contribution in [0.4, 0.5) is 0 Å². The highest BCUT2D eigenvalue weighted by molar-refractivity contribution is 5.79. The summed E-state index contributed by atoms with van der Waals surface area (Å²) < 4.78 is 5.78. The molecule has 19 heavy (non-hydrogen) atoms. The van der Waals surface area contributed by atoms with E-state index in [-0.39, 0.29) is 0 Å². The average Bonchev–Trinajstić information content (AvgIpc) is 2.97. The second-order valence-electron chi connectivity index (χ2n) is 5.14. The van der Waals surface area contributed by atoms with Crippen molar-refractivity contribution in [2.45, 2.75) is 31.7 Å². The average molecular weight is 256 g/mol. The number of pyridine rings is 1. The molecule has 0 bridgehead atoms. The molecule has 1 fully saturated rings. The summed E-state index contributed by atoms with van der Waals surface area (Å²) in [5.41, 5.74) is 1.01. The summed E-state index contributed by atoms with van der Waals surface area (Å²) in [6.45, 7) is 1.65. The Labute approximate surface area is 114 Å². The molecule has 2 aromatic rings. The molecule has 1 heterocycles. The highest BCUT2D eigenvalue weighted by Gasteiger charge is 2.13. The molecule has 1 aromatic heterocycles. The van der Waals surface area contributed by atoms with Gasteiger partial charge in [0.15, 0.2) is 0 Å². The Kier molecular flexibility index (Phi) is 3.94. The number of aromatic nitrogens is 1. The van der Waals surface area contributed by atoms with Crippen LogP contribution < -0.4 is 10.1 Å². The Bertz CT molecular complexity index is 535. The van der Waals surface area contributed by atoms with Crippen molar-refractivity contribution >= 4 is 10.9 Å². The summed E-state index contributed by atoms with van der Waals surface area (Å²) in [6, 6.07) is 10.8. The number of ether oxygens (including phenoxy) is 1. The predicted molar refractivity (Wildman–Crippen MR) is 77.5 cm³/mol. The minimum Gasteiger partial charge on any atom is -0.492 e. The van der Waals surface area contributed by atoms with Crippen molar-refractivity contribution in [2.75, 3.05) is 13.2 Å². The third kappa shape index (κ3) is 3.24. The van der Waals surface area contributed by atoms with Crippen molar-refractivity contribution in [3.63, 3.8) is 0 Å². The van der Waals surface area contributed by atoms with E-state index in [2.05, 4.69) is 22.4 Å². The molecular formula is C16H20N2O. The van der Waals surface area contributed by atoms with Crippen LogP contribution in [-0.4, -0.2) is 24.2 Å². The van der Waals surface area contributed by atoms with Gasteiger partial charge in [0, 0.05) is 24.2 Å². The first kappa shape index (κ1) is 12.4. The topological polar surface area (TPSA) is 34.1 Å². The second-order valence-corrected chi connectivity index (χ2v) is 5.14. The summed E-state index contributed by atoms with van der Waals surface area (Å²) in [7, 11) is 0.